The van der Waals surface area contributed by atoms with E-state index in [9.17, 15) is 0 Å². The predicted octanol–water partition coefficient (Wildman–Crippen LogP) is 3.68. The Morgan fingerprint density at radius 1 is 1.25 bits per heavy atom. The molecule has 1 aromatic rings. The molecular weight excluding hydrogens is 246 g/mol. The van der Waals surface area contributed by atoms with Crippen molar-refractivity contribution in [3.63, 3.8) is 0 Å². The fourth-order valence-corrected chi connectivity index (χ4v) is 2.52. The molecule has 0 fully saturated rings. The Hall–Kier alpha value is -1.09. The summed E-state index contributed by atoms with van der Waals surface area (Å²) in [5, 5.41) is 3.52. The number of rotatable bonds is 8. The number of anilines is 1. The van der Waals surface area contributed by atoms with Gasteiger partial charge in [-0.25, -0.2) is 4.98 Å². The normalized spacial score (nSPS) is 11.2. The van der Waals surface area contributed by atoms with Gasteiger partial charge in [0.2, 0.25) is 0 Å². The molecule has 0 aromatic carbocycles. The highest BCUT2D eigenvalue weighted by molar-refractivity contribution is 5.51. The second kappa shape index (κ2) is 8.25. The first-order chi connectivity index (χ1) is 9.49. The van der Waals surface area contributed by atoms with Crippen LogP contribution in [0.4, 0.5) is 5.82 Å². The lowest BCUT2D eigenvalue weighted by molar-refractivity contribution is 0.607. The standard InChI is InChI=1S/C17H31N3/c1-7-9-18-11-16-14(5)10-15(6)19-17(16)20(8-2)12-13(3)4/h10,13,18H,7-9,11-12H2,1-6H3. The molecule has 3 nitrogen and oxygen atoms in total. The van der Waals surface area contributed by atoms with Gasteiger partial charge in [-0.15, -0.1) is 0 Å². The highest BCUT2D eigenvalue weighted by Crippen LogP contribution is 2.23. The van der Waals surface area contributed by atoms with Crippen LogP contribution in [-0.4, -0.2) is 24.6 Å². The second-order valence-electron chi connectivity index (χ2n) is 5.99. The first-order valence-electron chi connectivity index (χ1n) is 7.92. The molecule has 1 rings (SSSR count). The third kappa shape index (κ3) is 4.78. The van der Waals surface area contributed by atoms with Crippen molar-refractivity contribution in [2.24, 2.45) is 5.92 Å². The summed E-state index contributed by atoms with van der Waals surface area (Å²) < 4.78 is 0. The second-order valence-corrected chi connectivity index (χ2v) is 5.99. The maximum absolute atomic E-state index is 4.82. The van der Waals surface area contributed by atoms with E-state index in [-0.39, 0.29) is 0 Å². The van der Waals surface area contributed by atoms with Crippen LogP contribution in [0.1, 0.15) is 50.9 Å². The number of nitrogens with one attached hydrogen (secondary N) is 1. The Balaban J connectivity index is 3.06. The molecule has 0 bridgehead atoms. The van der Waals surface area contributed by atoms with Gasteiger partial charge >= 0.3 is 0 Å². The van der Waals surface area contributed by atoms with E-state index in [2.05, 4.69) is 57.8 Å². The Kier molecular flexibility index (Phi) is 7.00. The van der Waals surface area contributed by atoms with Gasteiger partial charge in [0, 0.05) is 30.9 Å². The van der Waals surface area contributed by atoms with Crippen LogP contribution >= 0.6 is 0 Å². The van der Waals surface area contributed by atoms with E-state index in [0.29, 0.717) is 5.92 Å². The first kappa shape index (κ1) is 17.0. The van der Waals surface area contributed by atoms with Crippen LogP contribution in [0.2, 0.25) is 0 Å². The van der Waals surface area contributed by atoms with E-state index in [0.717, 1.165) is 38.3 Å². The van der Waals surface area contributed by atoms with Gasteiger partial charge in [-0.2, -0.15) is 0 Å². The van der Waals surface area contributed by atoms with Crippen molar-refractivity contribution >= 4 is 5.82 Å². The van der Waals surface area contributed by atoms with Gasteiger partial charge in [0.15, 0.2) is 0 Å². The molecule has 0 atom stereocenters. The van der Waals surface area contributed by atoms with Crippen LogP contribution in [0.5, 0.6) is 0 Å². The Morgan fingerprint density at radius 2 is 1.95 bits per heavy atom. The molecule has 1 N–H and O–H groups in total. The molecule has 0 radical (unpaired) electrons. The molecule has 0 amide bonds. The maximum Gasteiger partial charge on any atom is 0.133 e. The van der Waals surface area contributed by atoms with E-state index in [1.807, 2.05) is 0 Å². The first-order valence-corrected chi connectivity index (χ1v) is 7.92. The van der Waals surface area contributed by atoms with Gasteiger partial charge in [0.25, 0.3) is 0 Å². The van der Waals surface area contributed by atoms with Crippen LogP contribution in [0, 0.1) is 19.8 Å². The molecule has 20 heavy (non-hydrogen) atoms. The zero-order chi connectivity index (χ0) is 15.1. The largest absolute Gasteiger partial charge is 0.356 e. The molecule has 3 heteroatoms. The van der Waals surface area contributed by atoms with Crippen LogP contribution in [-0.2, 0) is 6.54 Å². The summed E-state index contributed by atoms with van der Waals surface area (Å²) in [6, 6.07) is 2.19. The van der Waals surface area contributed by atoms with Crippen molar-refractivity contribution < 1.29 is 0 Å². The summed E-state index contributed by atoms with van der Waals surface area (Å²) in [6.07, 6.45) is 1.16. The van der Waals surface area contributed by atoms with Gasteiger partial charge in [-0.05, 0) is 51.3 Å². The quantitative estimate of drug-likeness (QED) is 0.735. The van der Waals surface area contributed by atoms with E-state index >= 15 is 0 Å². The van der Waals surface area contributed by atoms with Gasteiger partial charge < -0.3 is 10.2 Å². The molecule has 1 heterocycles. The number of hydrogen-bond donors (Lipinski definition) is 1. The minimum absolute atomic E-state index is 0.647. The monoisotopic (exact) mass is 277 g/mol. The third-order valence-electron chi connectivity index (χ3n) is 3.45. The fraction of sp³-hybridized carbons (Fsp3) is 0.706. The summed E-state index contributed by atoms with van der Waals surface area (Å²) in [5.74, 6) is 1.82. The average Bonchev–Trinajstić information content (AvgIpc) is 2.38. The summed E-state index contributed by atoms with van der Waals surface area (Å²) in [5.41, 5.74) is 3.81. The lowest BCUT2D eigenvalue weighted by Gasteiger charge is -2.27. The summed E-state index contributed by atoms with van der Waals surface area (Å²) in [4.78, 5) is 7.23. The van der Waals surface area contributed by atoms with Crippen molar-refractivity contribution in [3.05, 3.63) is 22.9 Å². The number of aryl methyl sites for hydroxylation is 2. The van der Waals surface area contributed by atoms with Crippen molar-refractivity contribution in [3.8, 4) is 0 Å². The minimum Gasteiger partial charge on any atom is -0.356 e. The number of hydrogen-bond acceptors (Lipinski definition) is 3. The van der Waals surface area contributed by atoms with Gasteiger partial charge in [0.1, 0.15) is 5.82 Å². The maximum atomic E-state index is 4.82. The number of aromatic nitrogens is 1. The number of pyridine rings is 1. The van der Waals surface area contributed by atoms with Gasteiger partial charge in [-0.3, -0.25) is 0 Å². The van der Waals surface area contributed by atoms with Crippen LogP contribution in [0.15, 0.2) is 6.07 Å². The van der Waals surface area contributed by atoms with Crippen molar-refractivity contribution in [1.82, 2.24) is 10.3 Å². The molecule has 0 spiro atoms. The summed E-state index contributed by atoms with van der Waals surface area (Å²) in [7, 11) is 0. The van der Waals surface area contributed by atoms with Gasteiger partial charge in [-0.1, -0.05) is 20.8 Å². The van der Waals surface area contributed by atoms with E-state index in [1.165, 1.54) is 16.9 Å². The molecule has 0 saturated heterocycles. The third-order valence-corrected chi connectivity index (χ3v) is 3.45. The fourth-order valence-electron chi connectivity index (χ4n) is 2.52. The van der Waals surface area contributed by atoms with Crippen LogP contribution < -0.4 is 10.2 Å². The lowest BCUT2D eigenvalue weighted by Crippen LogP contribution is -2.30. The highest BCUT2D eigenvalue weighted by Gasteiger charge is 2.15. The van der Waals surface area contributed by atoms with Gasteiger partial charge in [0.05, 0.1) is 0 Å². The van der Waals surface area contributed by atoms with Crippen LogP contribution in [0.3, 0.4) is 0 Å². The van der Waals surface area contributed by atoms with Crippen molar-refractivity contribution in [1.29, 1.82) is 0 Å². The van der Waals surface area contributed by atoms with Crippen LogP contribution in [0.25, 0.3) is 0 Å². The molecule has 0 aliphatic rings. The predicted molar refractivity (Wildman–Crippen MR) is 88.4 cm³/mol. The Morgan fingerprint density at radius 3 is 2.50 bits per heavy atom. The molecule has 1 aromatic heterocycles. The van der Waals surface area contributed by atoms with E-state index < -0.39 is 0 Å². The minimum atomic E-state index is 0.647. The molecule has 0 aliphatic heterocycles. The van der Waals surface area contributed by atoms with E-state index in [1.54, 1.807) is 0 Å². The Bertz CT molecular complexity index is 413. The lowest BCUT2D eigenvalue weighted by atomic mass is 10.1. The summed E-state index contributed by atoms with van der Waals surface area (Å²) in [6.45, 7) is 17.3. The van der Waals surface area contributed by atoms with Crippen molar-refractivity contribution in [2.75, 3.05) is 24.5 Å². The highest BCUT2D eigenvalue weighted by atomic mass is 15.2. The zero-order valence-electron chi connectivity index (χ0n) is 14.1. The molecule has 0 saturated carbocycles. The molecule has 0 unspecified atom stereocenters. The average molecular weight is 277 g/mol. The Labute approximate surface area is 124 Å². The molecule has 0 aliphatic carbocycles. The zero-order valence-corrected chi connectivity index (χ0v) is 14.1. The van der Waals surface area contributed by atoms with E-state index in [4.69, 9.17) is 4.98 Å². The summed E-state index contributed by atoms with van der Waals surface area (Å²) >= 11 is 0. The number of nitrogens with zero attached hydrogens (tertiary/aromatic N) is 2. The van der Waals surface area contributed by atoms with Crippen molar-refractivity contribution in [2.45, 2.75) is 54.5 Å². The SMILES string of the molecule is CCCNCc1c(C)cc(C)nc1N(CC)CC(C)C. The topological polar surface area (TPSA) is 28.2 Å². The molecule has 114 valence electrons. The molecular formula is C17H31N3. The smallest absolute Gasteiger partial charge is 0.133 e.